The van der Waals surface area contributed by atoms with E-state index < -0.39 is 9.84 Å². The molecular formula is C21H27ClN4O3S. The van der Waals surface area contributed by atoms with Crippen molar-refractivity contribution < 1.29 is 13.2 Å². The van der Waals surface area contributed by atoms with Gasteiger partial charge in [-0.3, -0.25) is 9.69 Å². The number of hydrogen-bond acceptors (Lipinski definition) is 5. The third-order valence-corrected chi connectivity index (χ3v) is 8.19. The van der Waals surface area contributed by atoms with Crippen LogP contribution in [0.4, 0.5) is 0 Å². The Morgan fingerprint density at radius 2 is 1.80 bits per heavy atom. The highest BCUT2D eigenvalue weighted by atomic mass is 35.5. The molecule has 0 radical (unpaired) electrons. The van der Waals surface area contributed by atoms with Gasteiger partial charge in [0.15, 0.2) is 9.84 Å². The third-order valence-electron chi connectivity index (χ3n) is 6.06. The lowest BCUT2D eigenvalue weighted by Gasteiger charge is -2.37. The number of rotatable bonds is 4. The predicted octanol–water partition coefficient (Wildman–Crippen LogP) is 2.15. The molecule has 1 aromatic heterocycles. The second-order valence-electron chi connectivity index (χ2n) is 8.28. The number of aromatic nitrogens is 2. The van der Waals surface area contributed by atoms with Crippen LogP contribution >= 0.6 is 11.6 Å². The lowest BCUT2D eigenvalue weighted by Crippen LogP contribution is -2.52. The molecule has 0 unspecified atom stereocenters. The molecule has 30 heavy (non-hydrogen) atoms. The maximum Gasteiger partial charge on any atom is 0.258 e. The minimum atomic E-state index is -2.91. The summed E-state index contributed by atoms with van der Waals surface area (Å²) in [6, 6.07) is 8.23. The summed E-state index contributed by atoms with van der Waals surface area (Å²) in [7, 11) is -2.91. The van der Waals surface area contributed by atoms with Crippen LogP contribution in [0.15, 0.2) is 24.3 Å². The average Bonchev–Trinajstić information content (AvgIpc) is 3.21. The fourth-order valence-electron chi connectivity index (χ4n) is 4.28. The number of benzene rings is 1. The van der Waals surface area contributed by atoms with Crippen molar-refractivity contribution in [2.24, 2.45) is 0 Å². The van der Waals surface area contributed by atoms with Gasteiger partial charge < -0.3 is 4.90 Å². The molecule has 2 aromatic rings. The van der Waals surface area contributed by atoms with Gasteiger partial charge in [-0.2, -0.15) is 5.10 Å². The van der Waals surface area contributed by atoms with Crippen LogP contribution in [0, 0.1) is 13.8 Å². The highest BCUT2D eigenvalue weighted by Gasteiger charge is 2.35. The molecule has 1 amide bonds. The van der Waals surface area contributed by atoms with Crippen molar-refractivity contribution in [3.8, 4) is 0 Å². The van der Waals surface area contributed by atoms with Crippen molar-refractivity contribution in [2.45, 2.75) is 32.9 Å². The zero-order chi connectivity index (χ0) is 21.5. The molecule has 2 saturated heterocycles. The van der Waals surface area contributed by atoms with Gasteiger partial charge in [-0.15, -0.1) is 0 Å². The molecule has 1 atom stereocenters. The van der Waals surface area contributed by atoms with Gasteiger partial charge in [0.05, 0.1) is 29.3 Å². The number of aryl methyl sites for hydroxylation is 2. The van der Waals surface area contributed by atoms with Crippen LogP contribution in [0.3, 0.4) is 0 Å². The van der Waals surface area contributed by atoms with Gasteiger partial charge >= 0.3 is 0 Å². The summed E-state index contributed by atoms with van der Waals surface area (Å²) in [5, 5.41) is 4.86. The van der Waals surface area contributed by atoms with Crippen LogP contribution in [-0.2, 0) is 16.4 Å². The average molecular weight is 451 g/mol. The standard InChI is InChI=1S/C21H27ClN4O3S/c1-15-3-5-17(6-4-15)13-26-20(22)19(16(2)23-26)21(27)25-10-8-24(9-11-25)18-7-12-30(28,29)14-18/h3-6,18H,7-14H2,1-2H3/t18-/m1/s1. The van der Waals surface area contributed by atoms with E-state index in [2.05, 4.69) is 10.00 Å². The van der Waals surface area contributed by atoms with Crippen LogP contribution in [0.25, 0.3) is 0 Å². The van der Waals surface area contributed by atoms with Crippen LogP contribution < -0.4 is 0 Å². The monoisotopic (exact) mass is 450 g/mol. The first-order valence-electron chi connectivity index (χ1n) is 10.3. The first-order chi connectivity index (χ1) is 14.2. The summed E-state index contributed by atoms with van der Waals surface area (Å²) in [6.45, 7) is 6.85. The van der Waals surface area contributed by atoms with E-state index in [0.717, 1.165) is 5.56 Å². The minimum Gasteiger partial charge on any atom is -0.336 e. The van der Waals surface area contributed by atoms with Gasteiger partial charge in [-0.05, 0) is 25.8 Å². The zero-order valence-corrected chi connectivity index (χ0v) is 18.9. The molecule has 4 rings (SSSR count). The topological polar surface area (TPSA) is 75.5 Å². The normalized spacial score (nSPS) is 21.8. The van der Waals surface area contributed by atoms with Gasteiger partial charge in [0.1, 0.15) is 5.15 Å². The fourth-order valence-corrected chi connectivity index (χ4v) is 6.36. The minimum absolute atomic E-state index is 0.0786. The van der Waals surface area contributed by atoms with Crippen molar-refractivity contribution >= 4 is 27.3 Å². The van der Waals surface area contributed by atoms with Crippen molar-refractivity contribution in [3.63, 3.8) is 0 Å². The molecule has 2 fully saturated rings. The lowest BCUT2D eigenvalue weighted by atomic mass is 10.1. The number of amides is 1. The molecule has 162 valence electrons. The smallest absolute Gasteiger partial charge is 0.258 e. The molecule has 0 bridgehead atoms. The van der Waals surface area contributed by atoms with Crippen molar-refractivity contribution in [1.29, 1.82) is 0 Å². The zero-order valence-electron chi connectivity index (χ0n) is 17.3. The maximum absolute atomic E-state index is 13.2. The van der Waals surface area contributed by atoms with Gasteiger partial charge in [0, 0.05) is 32.2 Å². The molecule has 0 spiro atoms. The fraction of sp³-hybridized carbons (Fsp3) is 0.524. The molecular weight excluding hydrogens is 424 g/mol. The highest BCUT2D eigenvalue weighted by molar-refractivity contribution is 7.91. The first-order valence-corrected chi connectivity index (χ1v) is 12.5. The molecule has 0 saturated carbocycles. The molecule has 0 aliphatic carbocycles. The number of nitrogens with zero attached hydrogens (tertiary/aromatic N) is 4. The second kappa shape index (κ2) is 8.32. The maximum atomic E-state index is 13.2. The van der Waals surface area contributed by atoms with E-state index in [1.54, 1.807) is 9.58 Å². The molecule has 3 heterocycles. The van der Waals surface area contributed by atoms with Crippen LogP contribution in [-0.4, -0.2) is 77.6 Å². The summed E-state index contributed by atoms with van der Waals surface area (Å²) in [5.74, 6) is 0.398. The summed E-state index contributed by atoms with van der Waals surface area (Å²) in [5.41, 5.74) is 3.35. The Hall–Kier alpha value is -1.90. The number of sulfone groups is 1. The van der Waals surface area contributed by atoms with Gasteiger partial charge in [-0.25, -0.2) is 13.1 Å². The van der Waals surface area contributed by atoms with E-state index in [9.17, 15) is 13.2 Å². The molecule has 0 N–H and O–H groups in total. The Bertz CT molecular complexity index is 1040. The third kappa shape index (κ3) is 4.40. The lowest BCUT2D eigenvalue weighted by molar-refractivity contribution is 0.0587. The molecule has 1 aromatic carbocycles. The van der Waals surface area contributed by atoms with E-state index >= 15 is 0 Å². The molecule has 9 heteroatoms. The number of carbonyl (C=O) groups excluding carboxylic acids is 1. The SMILES string of the molecule is Cc1ccc(Cn2nc(C)c(C(=O)N3CCN([C@@H]4CCS(=O)(=O)C4)CC3)c2Cl)cc1. The Balaban J connectivity index is 1.42. The number of piperazine rings is 1. The largest absolute Gasteiger partial charge is 0.336 e. The van der Waals surface area contributed by atoms with E-state index in [0.29, 0.717) is 55.6 Å². The summed E-state index contributed by atoms with van der Waals surface area (Å²) >= 11 is 6.56. The first kappa shape index (κ1) is 21.3. The summed E-state index contributed by atoms with van der Waals surface area (Å²) in [4.78, 5) is 17.2. The van der Waals surface area contributed by atoms with Crippen molar-refractivity contribution in [2.75, 3.05) is 37.7 Å². The van der Waals surface area contributed by atoms with Crippen LogP contribution in [0.2, 0.25) is 5.15 Å². The van der Waals surface area contributed by atoms with Gasteiger partial charge in [0.2, 0.25) is 0 Å². The van der Waals surface area contributed by atoms with Crippen LogP contribution in [0.1, 0.15) is 33.6 Å². The Morgan fingerprint density at radius 1 is 1.13 bits per heavy atom. The van der Waals surface area contributed by atoms with Gasteiger partial charge in [-0.1, -0.05) is 41.4 Å². The second-order valence-corrected chi connectivity index (χ2v) is 10.9. The summed E-state index contributed by atoms with van der Waals surface area (Å²) in [6.07, 6.45) is 0.687. The van der Waals surface area contributed by atoms with Crippen LogP contribution in [0.5, 0.6) is 0 Å². The molecule has 7 nitrogen and oxygen atoms in total. The quantitative estimate of drug-likeness (QED) is 0.713. The van der Waals surface area contributed by atoms with Crippen molar-refractivity contribution in [3.05, 3.63) is 51.8 Å². The predicted molar refractivity (Wildman–Crippen MR) is 117 cm³/mol. The number of halogens is 1. The highest BCUT2D eigenvalue weighted by Crippen LogP contribution is 2.25. The Kier molecular flexibility index (Phi) is 5.92. The molecule has 2 aliphatic heterocycles. The van der Waals surface area contributed by atoms with E-state index in [1.165, 1.54) is 5.56 Å². The Morgan fingerprint density at radius 3 is 2.40 bits per heavy atom. The van der Waals surface area contributed by atoms with E-state index in [-0.39, 0.29) is 23.5 Å². The number of carbonyl (C=O) groups is 1. The molecule has 2 aliphatic rings. The number of hydrogen-bond donors (Lipinski definition) is 0. The van der Waals surface area contributed by atoms with E-state index in [4.69, 9.17) is 11.6 Å². The Labute approximate surface area is 182 Å². The van der Waals surface area contributed by atoms with Crippen molar-refractivity contribution in [1.82, 2.24) is 19.6 Å². The van der Waals surface area contributed by atoms with Gasteiger partial charge in [0.25, 0.3) is 5.91 Å². The summed E-state index contributed by atoms with van der Waals surface area (Å²) < 4.78 is 25.2. The van der Waals surface area contributed by atoms with E-state index in [1.807, 2.05) is 38.1 Å².